The standard InChI is InChI=1S/C19H21F3N4O5/c1-18(2,29)9-24-16(27)13-5-3-4-11(15(13)31-17(28)19(20,21)22)8-30-14-6-12(7-23)25-10-26-14/h3-6,10,29H,7-9,23H2,1-2H3,(H,24,27). The minimum absolute atomic E-state index is 0.0126. The van der Waals surface area contributed by atoms with E-state index in [1.165, 1.54) is 44.4 Å². The number of nitrogens with one attached hydrogen (secondary N) is 1. The van der Waals surface area contributed by atoms with Gasteiger partial charge in [0.15, 0.2) is 5.75 Å². The number of carbonyl (C=O) groups is 2. The van der Waals surface area contributed by atoms with Crippen molar-refractivity contribution in [1.29, 1.82) is 0 Å². The highest BCUT2D eigenvalue weighted by molar-refractivity contribution is 5.98. The molecule has 9 nitrogen and oxygen atoms in total. The van der Waals surface area contributed by atoms with E-state index < -0.39 is 29.4 Å². The molecule has 0 atom stereocenters. The molecule has 168 valence electrons. The summed E-state index contributed by atoms with van der Waals surface area (Å²) >= 11 is 0. The van der Waals surface area contributed by atoms with Crippen LogP contribution in [0.15, 0.2) is 30.6 Å². The molecule has 31 heavy (non-hydrogen) atoms. The third-order valence-corrected chi connectivity index (χ3v) is 3.73. The van der Waals surface area contributed by atoms with E-state index in [0.717, 1.165) is 0 Å². The lowest BCUT2D eigenvalue weighted by Crippen LogP contribution is -2.38. The second-order valence-electron chi connectivity index (χ2n) is 7.02. The fraction of sp³-hybridized carbons (Fsp3) is 0.368. The van der Waals surface area contributed by atoms with Crippen LogP contribution in [0.5, 0.6) is 11.6 Å². The molecule has 1 heterocycles. The number of carbonyl (C=O) groups excluding carboxylic acids is 2. The number of hydrogen-bond acceptors (Lipinski definition) is 8. The van der Waals surface area contributed by atoms with Gasteiger partial charge in [-0.05, 0) is 19.9 Å². The highest BCUT2D eigenvalue weighted by atomic mass is 19.4. The molecule has 1 aromatic carbocycles. The molecule has 0 saturated carbocycles. The second kappa shape index (κ2) is 9.71. The predicted molar refractivity (Wildman–Crippen MR) is 101 cm³/mol. The van der Waals surface area contributed by atoms with Crippen molar-refractivity contribution < 1.29 is 37.3 Å². The van der Waals surface area contributed by atoms with Gasteiger partial charge >= 0.3 is 12.1 Å². The molecule has 0 spiro atoms. The Hall–Kier alpha value is -3.25. The minimum Gasteiger partial charge on any atom is -0.473 e. The molecule has 0 radical (unpaired) electrons. The molecular formula is C19H21F3N4O5. The number of halogens is 3. The van der Waals surface area contributed by atoms with Gasteiger partial charge in [0.1, 0.15) is 12.9 Å². The first-order chi connectivity index (χ1) is 14.4. The first kappa shape index (κ1) is 24.0. The van der Waals surface area contributed by atoms with Crippen LogP contribution in [0.3, 0.4) is 0 Å². The van der Waals surface area contributed by atoms with E-state index >= 15 is 0 Å². The molecule has 2 aromatic rings. The van der Waals surface area contributed by atoms with Gasteiger partial charge in [-0.2, -0.15) is 13.2 Å². The minimum atomic E-state index is -5.28. The third-order valence-electron chi connectivity index (χ3n) is 3.73. The van der Waals surface area contributed by atoms with E-state index in [4.69, 9.17) is 10.5 Å². The Balaban J connectivity index is 2.34. The third kappa shape index (κ3) is 7.19. The second-order valence-corrected chi connectivity index (χ2v) is 7.02. The maximum Gasteiger partial charge on any atom is 0.491 e. The number of alkyl halides is 3. The number of ether oxygens (including phenoxy) is 2. The summed E-state index contributed by atoms with van der Waals surface area (Å²) in [6.07, 6.45) is -4.08. The lowest BCUT2D eigenvalue weighted by Gasteiger charge is -2.19. The Morgan fingerprint density at radius 3 is 2.55 bits per heavy atom. The Morgan fingerprint density at radius 1 is 1.23 bits per heavy atom. The van der Waals surface area contributed by atoms with Gasteiger partial charge in [-0.25, -0.2) is 14.8 Å². The molecule has 1 amide bonds. The van der Waals surface area contributed by atoms with E-state index in [1.807, 2.05) is 0 Å². The average Bonchev–Trinajstić information content (AvgIpc) is 2.70. The maximum atomic E-state index is 12.8. The Bertz CT molecular complexity index is 945. The van der Waals surface area contributed by atoms with E-state index in [-0.39, 0.29) is 36.7 Å². The van der Waals surface area contributed by atoms with Crippen molar-refractivity contribution in [3.8, 4) is 11.6 Å². The van der Waals surface area contributed by atoms with Gasteiger partial charge in [0.05, 0.1) is 16.9 Å². The highest BCUT2D eigenvalue weighted by Crippen LogP contribution is 2.28. The number of amides is 1. The van der Waals surface area contributed by atoms with Crippen LogP contribution in [0.4, 0.5) is 13.2 Å². The molecule has 0 unspecified atom stereocenters. The van der Waals surface area contributed by atoms with Crippen LogP contribution in [-0.2, 0) is 17.9 Å². The molecule has 12 heteroatoms. The van der Waals surface area contributed by atoms with Crippen LogP contribution in [0, 0.1) is 0 Å². The first-order valence-electron chi connectivity index (χ1n) is 8.96. The van der Waals surface area contributed by atoms with E-state index in [2.05, 4.69) is 20.0 Å². The number of rotatable bonds is 8. The van der Waals surface area contributed by atoms with Crippen molar-refractivity contribution in [1.82, 2.24) is 15.3 Å². The van der Waals surface area contributed by atoms with Crippen LogP contribution in [0.1, 0.15) is 35.5 Å². The van der Waals surface area contributed by atoms with Gasteiger partial charge in [-0.3, -0.25) is 4.79 Å². The van der Waals surface area contributed by atoms with Crippen molar-refractivity contribution in [3.63, 3.8) is 0 Å². The molecule has 0 aliphatic heterocycles. The number of esters is 1. The quantitative estimate of drug-likeness (QED) is 0.413. The molecule has 0 aliphatic carbocycles. The fourth-order valence-corrected chi connectivity index (χ4v) is 2.26. The molecule has 2 rings (SSSR count). The maximum absolute atomic E-state index is 12.8. The SMILES string of the molecule is CC(C)(O)CNC(=O)c1cccc(COc2cc(CN)ncn2)c1OC(=O)C(F)(F)F. The zero-order valence-electron chi connectivity index (χ0n) is 16.7. The summed E-state index contributed by atoms with van der Waals surface area (Å²) in [5.74, 6) is -3.88. The summed E-state index contributed by atoms with van der Waals surface area (Å²) in [6.45, 7) is 2.42. The number of aromatic nitrogens is 2. The van der Waals surface area contributed by atoms with Crippen LogP contribution >= 0.6 is 0 Å². The van der Waals surface area contributed by atoms with Gasteiger partial charge in [0.2, 0.25) is 5.88 Å². The number of aliphatic hydroxyl groups is 1. The molecule has 0 fully saturated rings. The van der Waals surface area contributed by atoms with Crippen molar-refractivity contribution in [2.45, 2.75) is 38.8 Å². The normalized spacial score (nSPS) is 11.7. The summed E-state index contributed by atoms with van der Waals surface area (Å²) in [5, 5.41) is 12.1. The molecule has 0 saturated heterocycles. The summed E-state index contributed by atoms with van der Waals surface area (Å²) in [6, 6.07) is 5.32. The van der Waals surface area contributed by atoms with Crippen LogP contribution in [0.2, 0.25) is 0 Å². The lowest BCUT2D eigenvalue weighted by atomic mass is 10.1. The zero-order chi connectivity index (χ0) is 23.2. The van der Waals surface area contributed by atoms with Crippen molar-refractivity contribution in [3.05, 3.63) is 47.4 Å². The smallest absolute Gasteiger partial charge is 0.473 e. The van der Waals surface area contributed by atoms with Crippen LogP contribution in [0.25, 0.3) is 0 Å². The number of para-hydroxylation sites is 1. The number of benzene rings is 1. The van der Waals surface area contributed by atoms with E-state index in [9.17, 15) is 27.9 Å². The number of nitrogens with two attached hydrogens (primary N) is 1. The highest BCUT2D eigenvalue weighted by Gasteiger charge is 2.42. The summed E-state index contributed by atoms with van der Waals surface area (Å²) in [5.41, 5.74) is 4.33. The molecule has 1 aromatic heterocycles. The summed E-state index contributed by atoms with van der Waals surface area (Å²) in [7, 11) is 0. The topological polar surface area (TPSA) is 137 Å². The van der Waals surface area contributed by atoms with Crippen molar-refractivity contribution in [2.75, 3.05) is 6.54 Å². The molecule has 0 bridgehead atoms. The summed E-state index contributed by atoms with van der Waals surface area (Å²) in [4.78, 5) is 31.7. The van der Waals surface area contributed by atoms with Gasteiger partial charge in [0, 0.05) is 24.7 Å². The Labute approximate surface area is 175 Å². The largest absolute Gasteiger partial charge is 0.491 e. The monoisotopic (exact) mass is 442 g/mol. The van der Waals surface area contributed by atoms with Crippen molar-refractivity contribution in [2.24, 2.45) is 5.73 Å². The Morgan fingerprint density at radius 2 is 1.94 bits per heavy atom. The van der Waals surface area contributed by atoms with Gasteiger partial charge < -0.3 is 25.6 Å². The Kier molecular flexibility index (Phi) is 7.52. The first-order valence-corrected chi connectivity index (χ1v) is 8.96. The van der Waals surface area contributed by atoms with E-state index in [1.54, 1.807) is 0 Å². The number of hydrogen-bond donors (Lipinski definition) is 3. The van der Waals surface area contributed by atoms with Crippen LogP contribution in [-0.4, -0.2) is 45.3 Å². The summed E-state index contributed by atoms with van der Waals surface area (Å²) < 4.78 is 48.3. The van der Waals surface area contributed by atoms with Crippen LogP contribution < -0.4 is 20.5 Å². The molecular weight excluding hydrogens is 421 g/mol. The van der Waals surface area contributed by atoms with Gasteiger partial charge in [0.25, 0.3) is 5.91 Å². The van der Waals surface area contributed by atoms with Gasteiger partial charge in [-0.1, -0.05) is 12.1 Å². The lowest BCUT2D eigenvalue weighted by molar-refractivity contribution is -0.189. The van der Waals surface area contributed by atoms with E-state index in [0.29, 0.717) is 5.69 Å². The predicted octanol–water partition coefficient (Wildman–Crippen LogP) is 1.48. The molecule has 4 N–H and O–H groups in total. The zero-order valence-corrected chi connectivity index (χ0v) is 16.7. The average molecular weight is 442 g/mol. The number of nitrogens with zero attached hydrogens (tertiary/aromatic N) is 2. The fourth-order valence-electron chi connectivity index (χ4n) is 2.26. The van der Waals surface area contributed by atoms with Crippen molar-refractivity contribution >= 4 is 11.9 Å². The molecule has 0 aliphatic rings. The van der Waals surface area contributed by atoms with Gasteiger partial charge in [-0.15, -0.1) is 0 Å².